The van der Waals surface area contributed by atoms with E-state index in [9.17, 15) is 8.78 Å². The van der Waals surface area contributed by atoms with Crippen molar-refractivity contribution >= 4 is 0 Å². The van der Waals surface area contributed by atoms with E-state index in [-0.39, 0.29) is 12.1 Å². The van der Waals surface area contributed by atoms with E-state index in [4.69, 9.17) is 9.47 Å². The predicted octanol–water partition coefficient (Wildman–Crippen LogP) is 2.80. The molecule has 0 aliphatic rings. The van der Waals surface area contributed by atoms with Crippen LogP contribution in [0.15, 0.2) is 18.2 Å². The SMILES string of the molecule is CCCNCC(F)(F)c1ccc(OC)c(OC)c1. The van der Waals surface area contributed by atoms with Gasteiger partial charge in [-0.05, 0) is 31.2 Å². The van der Waals surface area contributed by atoms with Crippen molar-refractivity contribution in [2.24, 2.45) is 0 Å². The van der Waals surface area contributed by atoms with Gasteiger partial charge in [-0.1, -0.05) is 6.92 Å². The molecule has 1 aromatic carbocycles. The summed E-state index contributed by atoms with van der Waals surface area (Å²) in [6.45, 7) is 2.13. The Morgan fingerprint density at radius 1 is 1.17 bits per heavy atom. The Labute approximate surface area is 106 Å². The number of benzene rings is 1. The van der Waals surface area contributed by atoms with Crippen LogP contribution in [0.3, 0.4) is 0 Å². The first-order valence-electron chi connectivity index (χ1n) is 5.86. The fourth-order valence-electron chi connectivity index (χ4n) is 1.59. The van der Waals surface area contributed by atoms with Crippen LogP contribution in [0.2, 0.25) is 0 Å². The number of ether oxygens (including phenoxy) is 2. The van der Waals surface area contributed by atoms with E-state index in [0.717, 1.165) is 6.42 Å². The molecule has 0 aliphatic carbocycles. The first-order chi connectivity index (χ1) is 8.55. The molecular formula is C13H19F2NO2. The van der Waals surface area contributed by atoms with Gasteiger partial charge in [0.15, 0.2) is 11.5 Å². The summed E-state index contributed by atoms with van der Waals surface area (Å²) >= 11 is 0. The highest BCUT2D eigenvalue weighted by Gasteiger charge is 2.31. The molecule has 0 radical (unpaired) electrons. The maximum atomic E-state index is 13.9. The molecule has 0 unspecified atom stereocenters. The van der Waals surface area contributed by atoms with Gasteiger partial charge in [-0.2, -0.15) is 8.78 Å². The normalized spacial score (nSPS) is 11.4. The van der Waals surface area contributed by atoms with E-state index in [1.807, 2.05) is 6.92 Å². The van der Waals surface area contributed by atoms with Crippen LogP contribution in [-0.4, -0.2) is 27.3 Å². The Morgan fingerprint density at radius 3 is 2.39 bits per heavy atom. The number of hydrogen-bond donors (Lipinski definition) is 1. The lowest BCUT2D eigenvalue weighted by molar-refractivity contribution is -0.00313. The highest BCUT2D eigenvalue weighted by Crippen LogP contribution is 2.34. The van der Waals surface area contributed by atoms with Crippen molar-refractivity contribution in [1.29, 1.82) is 0 Å². The zero-order chi connectivity index (χ0) is 13.6. The van der Waals surface area contributed by atoms with Gasteiger partial charge in [0, 0.05) is 5.56 Å². The van der Waals surface area contributed by atoms with Crippen molar-refractivity contribution in [3.63, 3.8) is 0 Å². The molecule has 3 nitrogen and oxygen atoms in total. The minimum atomic E-state index is -2.92. The van der Waals surface area contributed by atoms with Crippen LogP contribution >= 0.6 is 0 Å². The summed E-state index contributed by atoms with van der Waals surface area (Å²) in [4.78, 5) is 0. The molecule has 0 saturated heterocycles. The summed E-state index contributed by atoms with van der Waals surface area (Å²) in [6.07, 6.45) is 0.821. The average molecular weight is 259 g/mol. The third-order valence-corrected chi connectivity index (χ3v) is 2.58. The topological polar surface area (TPSA) is 30.5 Å². The Balaban J connectivity index is 2.87. The lowest BCUT2D eigenvalue weighted by atomic mass is 10.1. The summed E-state index contributed by atoms with van der Waals surface area (Å²) < 4.78 is 37.8. The van der Waals surface area contributed by atoms with Crippen molar-refractivity contribution in [2.45, 2.75) is 19.3 Å². The van der Waals surface area contributed by atoms with Gasteiger partial charge >= 0.3 is 0 Å². The van der Waals surface area contributed by atoms with Crippen molar-refractivity contribution in [2.75, 3.05) is 27.3 Å². The molecule has 0 amide bonds. The second kappa shape index (κ2) is 6.54. The Kier molecular flexibility index (Phi) is 5.34. The molecule has 0 aliphatic heterocycles. The molecule has 0 heterocycles. The number of rotatable bonds is 7. The van der Waals surface area contributed by atoms with Gasteiger partial charge in [-0.25, -0.2) is 0 Å². The third-order valence-electron chi connectivity index (χ3n) is 2.58. The van der Waals surface area contributed by atoms with Crippen LogP contribution in [-0.2, 0) is 5.92 Å². The second-order valence-electron chi connectivity index (χ2n) is 3.95. The number of methoxy groups -OCH3 is 2. The number of nitrogens with one attached hydrogen (secondary N) is 1. The second-order valence-corrected chi connectivity index (χ2v) is 3.95. The van der Waals surface area contributed by atoms with Gasteiger partial charge in [-0.15, -0.1) is 0 Å². The van der Waals surface area contributed by atoms with Crippen LogP contribution in [0.4, 0.5) is 8.78 Å². The molecule has 0 fully saturated rings. The summed E-state index contributed by atoms with van der Waals surface area (Å²) in [5.41, 5.74) is -0.0799. The van der Waals surface area contributed by atoms with Crippen molar-refractivity contribution < 1.29 is 18.3 Å². The minimum absolute atomic E-state index is 0.0799. The molecule has 1 N–H and O–H groups in total. The van der Waals surface area contributed by atoms with Crippen LogP contribution in [0.5, 0.6) is 11.5 Å². The zero-order valence-electron chi connectivity index (χ0n) is 10.9. The molecule has 18 heavy (non-hydrogen) atoms. The van der Waals surface area contributed by atoms with Crippen molar-refractivity contribution in [1.82, 2.24) is 5.32 Å². The zero-order valence-corrected chi connectivity index (χ0v) is 10.9. The van der Waals surface area contributed by atoms with Crippen molar-refractivity contribution in [3.8, 4) is 11.5 Å². The molecule has 1 aromatic rings. The summed E-state index contributed by atoms with van der Waals surface area (Å²) in [6, 6.07) is 4.16. The first-order valence-corrected chi connectivity index (χ1v) is 5.86. The smallest absolute Gasteiger partial charge is 0.285 e. The van der Waals surface area contributed by atoms with Crippen LogP contribution in [0.25, 0.3) is 0 Å². The van der Waals surface area contributed by atoms with E-state index >= 15 is 0 Å². The van der Waals surface area contributed by atoms with E-state index in [1.54, 1.807) is 0 Å². The van der Waals surface area contributed by atoms with E-state index in [0.29, 0.717) is 18.0 Å². The van der Waals surface area contributed by atoms with Crippen LogP contribution < -0.4 is 14.8 Å². The number of hydrogen-bond acceptors (Lipinski definition) is 3. The van der Waals surface area contributed by atoms with Gasteiger partial charge in [0.25, 0.3) is 5.92 Å². The molecule has 5 heteroatoms. The Bertz CT molecular complexity index is 383. The fraction of sp³-hybridized carbons (Fsp3) is 0.538. The molecule has 1 rings (SSSR count). The Hall–Kier alpha value is -1.36. The van der Waals surface area contributed by atoms with Gasteiger partial charge in [0.05, 0.1) is 20.8 Å². The molecule has 102 valence electrons. The predicted molar refractivity (Wildman–Crippen MR) is 66.6 cm³/mol. The molecular weight excluding hydrogens is 240 g/mol. The van der Waals surface area contributed by atoms with Gasteiger partial charge in [-0.3, -0.25) is 0 Å². The monoisotopic (exact) mass is 259 g/mol. The first kappa shape index (κ1) is 14.7. The lowest BCUT2D eigenvalue weighted by Crippen LogP contribution is -2.31. The highest BCUT2D eigenvalue weighted by molar-refractivity contribution is 5.44. The molecule has 0 aromatic heterocycles. The molecule has 0 saturated carbocycles. The molecule has 0 bridgehead atoms. The fourth-order valence-corrected chi connectivity index (χ4v) is 1.59. The number of alkyl halides is 2. The summed E-state index contributed by atoms with van der Waals surface area (Å²) in [5.74, 6) is -2.17. The maximum Gasteiger partial charge on any atom is 0.285 e. The summed E-state index contributed by atoms with van der Waals surface area (Å²) in [7, 11) is 2.90. The quantitative estimate of drug-likeness (QED) is 0.764. The number of halogens is 2. The van der Waals surface area contributed by atoms with E-state index < -0.39 is 5.92 Å². The van der Waals surface area contributed by atoms with Crippen LogP contribution in [0, 0.1) is 0 Å². The van der Waals surface area contributed by atoms with Gasteiger partial charge < -0.3 is 14.8 Å². The lowest BCUT2D eigenvalue weighted by Gasteiger charge is -2.19. The van der Waals surface area contributed by atoms with Gasteiger partial charge in [0.2, 0.25) is 0 Å². The third kappa shape index (κ3) is 3.57. The van der Waals surface area contributed by atoms with Gasteiger partial charge in [0.1, 0.15) is 0 Å². The largest absolute Gasteiger partial charge is 0.493 e. The van der Waals surface area contributed by atoms with Crippen LogP contribution in [0.1, 0.15) is 18.9 Å². The molecule has 0 spiro atoms. The van der Waals surface area contributed by atoms with E-state index in [2.05, 4.69) is 5.32 Å². The van der Waals surface area contributed by atoms with E-state index in [1.165, 1.54) is 32.4 Å². The standard InChI is InChI=1S/C13H19F2NO2/c1-4-7-16-9-13(14,15)10-5-6-11(17-2)12(8-10)18-3/h5-6,8,16H,4,7,9H2,1-3H3. The minimum Gasteiger partial charge on any atom is -0.493 e. The Morgan fingerprint density at radius 2 is 1.83 bits per heavy atom. The average Bonchev–Trinajstić information content (AvgIpc) is 2.38. The summed E-state index contributed by atoms with van der Waals surface area (Å²) in [5, 5.41) is 2.72. The molecule has 0 atom stereocenters. The van der Waals surface area contributed by atoms with Crippen molar-refractivity contribution in [3.05, 3.63) is 23.8 Å². The highest BCUT2D eigenvalue weighted by atomic mass is 19.3. The maximum absolute atomic E-state index is 13.9.